The summed E-state index contributed by atoms with van der Waals surface area (Å²) >= 11 is 0. The fourth-order valence-electron chi connectivity index (χ4n) is 7.37. The quantitative estimate of drug-likeness (QED) is 0.0480. The Morgan fingerprint density at radius 3 is 2.16 bits per heavy atom. The van der Waals surface area contributed by atoms with Crippen molar-refractivity contribution < 1.29 is 30.0 Å². The predicted molar refractivity (Wildman–Crippen MR) is 234 cm³/mol. The van der Waals surface area contributed by atoms with Crippen LogP contribution in [0.25, 0.3) is 44.2 Å². The number of allylic oxidation sites excluding steroid dienone is 2. The Hall–Kier alpha value is -4.51. The number of hydrogen-bond donors (Lipinski definition) is 1. The minimum Gasteiger partial charge on any atom is -0.512 e. The molecule has 5 nitrogen and oxygen atoms in total. The molecule has 0 atom stereocenters. The van der Waals surface area contributed by atoms with Crippen molar-refractivity contribution in [2.24, 2.45) is 11.8 Å². The second-order valence-corrected chi connectivity index (χ2v) is 15.3. The van der Waals surface area contributed by atoms with Crippen molar-refractivity contribution in [3.8, 4) is 22.5 Å². The van der Waals surface area contributed by atoms with Gasteiger partial charge in [-0.1, -0.05) is 90.3 Å². The molecule has 57 heavy (non-hydrogen) atoms. The minimum absolute atomic E-state index is 0. The van der Waals surface area contributed by atoms with Crippen LogP contribution in [-0.2, 0) is 37.7 Å². The molecule has 0 fully saturated rings. The number of rotatable bonds is 15. The standard InChI is InChI=1S/C38H35N3.C13H24O2.Ir/c1-25(2)30-16-18-33-34(22-30)31(13-9-8-10-28-15-19-36(39-23-28)29-11-6-5-7-12-29)24-40-38(33)35-20-26(3)21-37-32(35)17-14-27(4)41-37;1-5-10(6-2)12(14)9-13(15)11(7-3)8-4;/h5-7,11,14-19,21-25H,8-10,13H2,1-4H3;9-11,14H,5-8H2,1-4H3;/q-2;;/b;12-9-;. The number of benzene rings is 3. The molecule has 301 valence electrons. The number of pyridine rings is 3. The summed E-state index contributed by atoms with van der Waals surface area (Å²) in [5.74, 6) is 1.01. The zero-order valence-corrected chi connectivity index (χ0v) is 37.5. The molecule has 0 aliphatic heterocycles. The first-order chi connectivity index (χ1) is 27.1. The first-order valence-electron chi connectivity index (χ1n) is 20.6. The number of aliphatic hydroxyl groups is 1. The van der Waals surface area contributed by atoms with Gasteiger partial charge in [0.05, 0.1) is 5.76 Å². The topological polar surface area (TPSA) is 76.0 Å². The monoisotopic (exact) mass is 938 g/mol. The van der Waals surface area contributed by atoms with Gasteiger partial charge >= 0.3 is 0 Å². The molecule has 0 saturated heterocycles. The maximum Gasteiger partial charge on any atom is 0.162 e. The van der Waals surface area contributed by atoms with E-state index in [2.05, 4.69) is 92.6 Å². The van der Waals surface area contributed by atoms with Gasteiger partial charge in [-0.2, -0.15) is 0 Å². The van der Waals surface area contributed by atoms with Crippen molar-refractivity contribution in [1.29, 1.82) is 0 Å². The van der Waals surface area contributed by atoms with Crippen molar-refractivity contribution in [2.75, 3.05) is 0 Å². The van der Waals surface area contributed by atoms with E-state index in [0.717, 1.165) is 96.0 Å². The maximum absolute atomic E-state index is 11.7. The van der Waals surface area contributed by atoms with Crippen LogP contribution < -0.4 is 0 Å². The Bertz CT molecular complexity index is 2230. The van der Waals surface area contributed by atoms with E-state index >= 15 is 0 Å². The van der Waals surface area contributed by atoms with Crippen LogP contribution in [-0.4, -0.2) is 25.8 Å². The summed E-state index contributed by atoms with van der Waals surface area (Å²) in [6.07, 6.45) is 13.2. The molecule has 0 aliphatic carbocycles. The molecule has 6 aromatic rings. The number of aromatic nitrogens is 3. The molecule has 6 heteroatoms. The van der Waals surface area contributed by atoms with Crippen molar-refractivity contribution in [3.63, 3.8) is 0 Å². The summed E-state index contributed by atoms with van der Waals surface area (Å²) in [4.78, 5) is 26.3. The third-order valence-electron chi connectivity index (χ3n) is 11.0. The number of aliphatic hydroxyl groups excluding tert-OH is 1. The fraction of sp³-hybridized carbons (Fsp3) is 0.373. The molecule has 3 aromatic heterocycles. The second-order valence-electron chi connectivity index (χ2n) is 15.3. The fourth-order valence-corrected chi connectivity index (χ4v) is 7.37. The molecular weight excluding hydrogens is 879 g/mol. The van der Waals surface area contributed by atoms with E-state index in [1.54, 1.807) is 0 Å². The number of unbranched alkanes of at least 4 members (excludes halogenated alkanes) is 1. The van der Waals surface area contributed by atoms with Gasteiger partial charge in [0.25, 0.3) is 0 Å². The van der Waals surface area contributed by atoms with E-state index in [9.17, 15) is 9.90 Å². The van der Waals surface area contributed by atoms with Gasteiger partial charge in [0, 0.05) is 56.1 Å². The third kappa shape index (κ3) is 11.8. The molecule has 1 N–H and O–H groups in total. The van der Waals surface area contributed by atoms with Crippen LogP contribution in [0.1, 0.15) is 114 Å². The van der Waals surface area contributed by atoms with Gasteiger partial charge < -0.3 is 15.1 Å². The van der Waals surface area contributed by atoms with Crippen LogP contribution in [0, 0.1) is 37.8 Å². The second kappa shape index (κ2) is 21.9. The number of fused-ring (bicyclic) bond motifs is 2. The van der Waals surface area contributed by atoms with Crippen LogP contribution in [0.15, 0.2) is 97.0 Å². The Morgan fingerprint density at radius 1 is 0.789 bits per heavy atom. The molecule has 0 amide bonds. The van der Waals surface area contributed by atoms with Crippen molar-refractivity contribution in [3.05, 3.63) is 137 Å². The van der Waals surface area contributed by atoms with Gasteiger partial charge in [-0.15, -0.1) is 59.2 Å². The number of aryl methyl sites for hydroxylation is 4. The normalized spacial score (nSPS) is 11.6. The zero-order valence-electron chi connectivity index (χ0n) is 35.1. The molecule has 0 bridgehead atoms. The number of hydrogen-bond acceptors (Lipinski definition) is 5. The molecular formula is C51H59IrN3O2-2. The summed E-state index contributed by atoms with van der Waals surface area (Å²) in [6, 6.07) is 32.4. The van der Waals surface area contributed by atoms with Gasteiger partial charge in [0.15, 0.2) is 5.78 Å². The van der Waals surface area contributed by atoms with Crippen LogP contribution in [0.3, 0.4) is 0 Å². The zero-order chi connectivity index (χ0) is 40.2. The van der Waals surface area contributed by atoms with Crippen LogP contribution in [0.4, 0.5) is 0 Å². The Kier molecular flexibility index (Phi) is 17.3. The molecule has 0 aliphatic rings. The molecule has 0 saturated carbocycles. The summed E-state index contributed by atoms with van der Waals surface area (Å²) in [5, 5.41) is 13.3. The van der Waals surface area contributed by atoms with Gasteiger partial charge in [-0.3, -0.25) is 9.78 Å². The van der Waals surface area contributed by atoms with Crippen molar-refractivity contribution >= 4 is 27.5 Å². The first kappa shape index (κ1) is 45.2. The average molecular weight is 938 g/mol. The van der Waals surface area contributed by atoms with Crippen LogP contribution in [0.2, 0.25) is 0 Å². The molecule has 6 rings (SSSR count). The van der Waals surface area contributed by atoms with E-state index < -0.39 is 0 Å². The SMILES string of the molecule is CCC(CC)C(=O)/C=C(\O)C(CC)CC.Cc1[c-]c(-c2ncc(CCCCc3ccc(-c4[c-]cccc4)nc3)c3cc(C(C)C)ccc23)c2ccc(C)nc2c1.[Ir]. The molecule has 0 spiro atoms. The smallest absolute Gasteiger partial charge is 0.162 e. The number of carbonyl (C=O) groups excluding carboxylic acids is 1. The summed E-state index contributed by atoms with van der Waals surface area (Å²) in [5.41, 5.74) is 11.1. The minimum atomic E-state index is 0. The molecule has 3 heterocycles. The van der Waals surface area contributed by atoms with Crippen LogP contribution >= 0.6 is 0 Å². The van der Waals surface area contributed by atoms with Gasteiger partial charge in [0.1, 0.15) is 0 Å². The van der Waals surface area contributed by atoms with E-state index in [1.807, 2.05) is 65.1 Å². The molecule has 0 unspecified atom stereocenters. The number of nitrogens with zero attached hydrogens (tertiary/aromatic N) is 3. The van der Waals surface area contributed by atoms with E-state index in [-0.39, 0.29) is 43.5 Å². The number of carbonyl (C=O) groups is 1. The Labute approximate surface area is 354 Å². The Morgan fingerprint density at radius 2 is 1.51 bits per heavy atom. The van der Waals surface area contributed by atoms with E-state index in [0.29, 0.717) is 5.92 Å². The van der Waals surface area contributed by atoms with Crippen molar-refractivity contribution in [1.82, 2.24) is 15.0 Å². The molecule has 1 radical (unpaired) electrons. The summed E-state index contributed by atoms with van der Waals surface area (Å²) < 4.78 is 0. The first-order valence-corrected chi connectivity index (χ1v) is 20.6. The van der Waals surface area contributed by atoms with Gasteiger partial charge in [-0.05, 0) is 115 Å². The predicted octanol–water partition coefficient (Wildman–Crippen LogP) is 13.3. The van der Waals surface area contributed by atoms with Gasteiger partial charge in [-0.25, -0.2) is 0 Å². The maximum atomic E-state index is 11.7. The van der Waals surface area contributed by atoms with E-state index in [4.69, 9.17) is 9.97 Å². The average Bonchev–Trinajstić information content (AvgIpc) is 3.20. The molecule has 3 aromatic carbocycles. The largest absolute Gasteiger partial charge is 0.512 e. The van der Waals surface area contributed by atoms with Crippen LogP contribution in [0.5, 0.6) is 0 Å². The number of ketones is 1. The summed E-state index contributed by atoms with van der Waals surface area (Å²) in [7, 11) is 0. The van der Waals surface area contributed by atoms with Crippen molar-refractivity contribution in [2.45, 2.75) is 113 Å². The van der Waals surface area contributed by atoms with Gasteiger partial charge in [0.2, 0.25) is 0 Å². The summed E-state index contributed by atoms with van der Waals surface area (Å²) in [6.45, 7) is 16.7. The third-order valence-corrected chi connectivity index (χ3v) is 11.0. The Balaban J connectivity index is 0.000000385. The van der Waals surface area contributed by atoms with E-state index in [1.165, 1.54) is 33.5 Å².